The molecule has 1 N–H and O–H groups in total. The highest BCUT2D eigenvalue weighted by Crippen LogP contribution is 2.19. The van der Waals surface area contributed by atoms with Crippen molar-refractivity contribution in [1.29, 1.82) is 0 Å². The molecule has 0 aliphatic rings. The topological polar surface area (TPSA) is 56.8 Å². The zero-order chi connectivity index (χ0) is 16.7. The number of aryl methyl sites for hydroxylation is 1. The molecular formula is C18H21NO4. The van der Waals surface area contributed by atoms with E-state index in [2.05, 4.69) is 5.32 Å². The van der Waals surface area contributed by atoms with Crippen molar-refractivity contribution >= 4 is 5.91 Å². The van der Waals surface area contributed by atoms with Gasteiger partial charge < -0.3 is 19.5 Å². The van der Waals surface area contributed by atoms with E-state index in [0.29, 0.717) is 24.5 Å². The average Bonchev–Trinajstić information content (AvgIpc) is 2.59. The first-order valence-electron chi connectivity index (χ1n) is 7.33. The molecule has 0 aliphatic heterocycles. The fourth-order valence-electron chi connectivity index (χ4n) is 2.07. The first kappa shape index (κ1) is 16.7. The first-order chi connectivity index (χ1) is 11.1. The van der Waals surface area contributed by atoms with Gasteiger partial charge in [-0.05, 0) is 48.9 Å². The molecule has 0 aromatic heterocycles. The number of carbonyl (C=O) groups is 1. The van der Waals surface area contributed by atoms with Gasteiger partial charge in [-0.3, -0.25) is 4.79 Å². The second-order valence-corrected chi connectivity index (χ2v) is 4.96. The summed E-state index contributed by atoms with van der Waals surface area (Å²) in [5.41, 5.74) is 1.56. The summed E-state index contributed by atoms with van der Waals surface area (Å²) in [5, 5.41) is 2.82. The molecule has 2 aromatic carbocycles. The summed E-state index contributed by atoms with van der Waals surface area (Å²) < 4.78 is 15.9. The molecule has 0 atom stereocenters. The summed E-state index contributed by atoms with van der Waals surface area (Å²) in [5.74, 6) is 2.06. The SMILES string of the molecule is COc1ccc(OCCNC(=O)c2ccc(C)c(OC)c2)cc1. The van der Waals surface area contributed by atoms with Crippen LogP contribution in [0.2, 0.25) is 0 Å². The molecule has 5 nitrogen and oxygen atoms in total. The molecule has 23 heavy (non-hydrogen) atoms. The van der Waals surface area contributed by atoms with Crippen LogP contribution in [0, 0.1) is 6.92 Å². The van der Waals surface area contributed by atoms with Gasteiger partial charge in [0.25, 0.3) is 5.91 Å². The first-order valence-corrected chi connectivity index (χ1v) is 7.33. The lowest BCUT2D eigenvalue weighted by atomic mass is 10.1. The van der Waals surface area contributed by atoms with Gasteiger partial charge in [-0.2, -0.15) is 0 Å². The Morgan fingerprint density at radius 2 is 1.70 bits per heavy atom. The Hall–Kier alpha value is -2.69. The maximum atomic E-state index is 12.1. The summed E-state index contributed by atoms with van der Waals surface area (Å²) in [7, 11) is 3.21. The van der Waals surface area contributed by atoms with Crippen LogP contribution in [0.1, 0.15) is 15.9 Å². The average molecular weight is 315 g/mol. The van der Waals surface area contributed by atoms with Crippen LogP contribution < -0.4 is 19.5 Å². The molecule has 0 fully saturated rings. The standard InChI is InChI=1S/C18H21NO4/c1-13-4-5-14(12-17(13)22-3)18(20)19-10-11-23-16-8-6-15(21-2)7-9-16/h4-9,12H,10-11H2,1-3H3,(H,19,20). The quantitative estimate of drug-likeness (QED) is 0.798. The summed E-state index contributed by atoms with van der Waals surface area (Å²) in [6.45, 7) is 2.74. The molecule has 5 heteroatoms. The number of hydrogen-bond acceptors (Lipinski definition) is 4. The van der Waals surface area contributed by atoms with Crippen LogP contribution in [0.3, 0.4) is 0 Å². The number of ether oxygens (including phenoxy) is 3. The van der Waals surface area contributed by atoms with Gasteiger partial charge in [0.15, 0.2) is 0 Å². The van der Waals surface area contributed by atoms with Crippen LogP contribution in [-0.2, 0) is 0 Å². The molecule has 0 saturated carbocycles. The molecule has 2 rings (SSSR count). The molecule has 0 unspecified atom stereocenters. The minimum atomic E-state index is -0.151. The van der Waals surface area contributed by atoms with Gasteiger partial charge in [0.05, 0.1) is 20.8 Å². The van der Waals surface area contributed by atoms with Crippen molar-refractivity contribution in [2.24, 2.45) is 0 Å². The predicted octanol–water partition coefficient (Wildman–Crippen LogP) is 2.82. The van der Waals surface area contributed by atoms with Gasteiger partial charge in [-0.1, -0.05) is 6.07 Å². The zero-order valence-electron chi connectivity index (χ0n) is 13.6. The van der Waals surface area contributed by atoms with Gasteiger partial charge >= 0.3 is 0 Å². The highest BCUT2D eigenvalue weighted by molar-refractivity contribution is 5.94. The largest absolute Gasteiger partial charge is 0.497 e. The third-order valence-electron chi connectivity index (χ3n) is 3.39. The van der Waals surface area contributed by atoms with Crippen LogP contribution in [0.15, 0.2) is 42.5 Å². The molecular weight excluding hydrogens is 294 g/mol. The van der Waals surface area contributed by atoms with E-state index in [1.165, 1.54) is 0 Å². The van der Waals surface area contributed by atoms with Crippen LogP contribution in [0.5, 0.6) is 17.2 Å². The van der Waals surface area contributed by atoms with E-state index in [4.69, 9.17) is 14.2 Å². The number of carbonyl (C=O) groups excluding carboxylic acids is 1. The highest BCUT2D eigenvalue weighted by atomic mass is 16.5. The van der Waals surface area contributed by atoms with Crippen LogP contribution >= 0.6 is 0 Å². The fourth-order valence-corrected chi connectivity index (χ4v) is 2.07. The summed E-state index contributed by atoms with van der Waals surface area (Å²) in [6, 6.07) is 12.7. The molecule has 1 amide bonds. The summed E-state index contributed by atoms with van der Waals surface area (Å²) in [6.07, 6.45) is 0. The Morgan fingerprint density at radius 1 is 1.00 bits per heavy atom. The van der Waals surface area contributed by atoms with Crippen molar-refractivity contribution in [3.8, 4) is 17.2 Å². The molecule has 0 bridgehead atoms. The molecule has 0 saturated heterocycles. The Bertz CT molecular complexity index is 653. The number of rotatable bonds is 7. The van der Waals surface area contributed by atoms with Crippen molar-refractivity contribution in [2.45, 2.75) is 6.92 Å². The van der Waals surface area contributed by atoms with Crippen molar-refractivity contribution in [3.63, 3.8) is 0 Å². The molecule has 0 aliphatic carbocycles. The van der Waals surface area contributed by atoms with E-state index < -0.39 is 0 Å². The lowest BCUT2D eigenvalue weighted by Crippen LogP contribution is -2.28. The van der Waals surface area contributed by atoms with E-state index >= 15 is 0 Å². The lowest BCUT2D eigenvalue weighted by Gasteiger charge is -2.10. The van der Waals surface area contributed by atoms with Crippen LogP contribution in [0.4, 0.5) is 0 Å². The van der Waals surface area contributed by atoms with Gasteiger partial charge in [0.1, 0.15) is 23.9 Å². The molecule has 2 aromatic rings. The van der Waals surface area contributed by atoms with E-state index in [9.17, 15) is 4.79 Å². The van der Waals surface area contributed by atoms with E-state index in [0.717, 1.165) is 17.1 Å². The molecule has 0 spiro atoms. The van der Waals surface area contributed by atoms with Crippen molar-refractivity contribution in [2.75, 3.05) is 27.4 Å². The Kier molecular flexibility index (Phi) is 5.86. The maximum absolute atomic E-state index is 12.1. The van der Waals surface area contributed by atoms with Crippen LogP contribution in [-0.4, -0.2) is 33.3 Å². The number of nitrogens with one attached hydrogen (secondary N) is 1. The molecule has 122 valence electrons. The Labute approximate surface area is 136 Å². The van der Waals surface area contributed by atoms with Gasteiger partial charge in [0, 0.05) is 5.56 Å². The van der Waals surface area contributed by atoms with E-state index in [-0.39, 0.29) is 5.91 Å². The monoisotopic (exact) mass is 315 g/mol. The number of hydrogen-bond donors (Lipinski definition) is 1. The zero-order valence-corrected chi connectivity index (χ0v) is 13.6. The maximum Gasteiger partial charge on any atom is 0.251 e. The van der Waals surface area contributed by atoms with Gasteiger partial charge in [-0.25, -0.2) is 0 Å². The fraction of sp³-hybridized carbons (Fsp3) is 0.278. The second kappa shape index (κ2) is 8.08. The number of amides is 1. The van der Waals surface area contributed by atoms with Crippen molar-refractivity contribution in [3.05, 3.63) is 53.6 Å². The van der Waals surface area contributed by atoms with Gasteiger partial charge in [-0.15, -0.1) is 0 Å². The third kappa shape index (κ3) is 4.64. The number of benzene rings is 2. The summed E-state index contributed by atoms with van der Waals surface area (Å²) in [4.78, 5) is 12.1. The van der Waals surface area contributed by atoms with Crippen molar-refractivity contribution < 1.29 is 19.0 Å². The van der Waals surface area contributed by atoms with E-state index in [1.807, 2.05) is 37.3 Å². The Balaban J connectivity index is 1.80. The van der Waals surface area contributed by atoms with Gasteiger partial charge in [0.2, 0.25) is 0 Å². The lowest BCUT2D eigenvalue weighted by molar-refractivity contribution is 0.0946. The minimum Gasteiger partial charge on any atom is -0.497 e. The Morgan fingerprint density at radius 3 is 2.35 bits per heavy atom. The second-order valence-electron chi connectivity index (χ2n) is 4.96. The normalized spacial score (nSPS) is 10.0. The highest BCUT2D eigenvalue weighted by Gasteiger charge is 2.08. The van der Waals surface area contributed by atoms with E-state index in [1.54, 1.807) is 26.4 Å². The molecule has 0 heterocycles. The predicted molar refractivity (Wildman–Crippen MR) is 88.6 cm³/mol. The smallest absolute Gasteiger partial charge is 0.251 e. The van der Waals surface area contributed by atoms with Crippen molar-refractivity contribution in [1.82, 2.24) is 5.32 Å². The number of methoxy groups -OCH3 is 2. The molecule has 0 radical (unpaired) electrons. The third-order valence-corrected chi connectivity index (χ3v) is 3.39. The van der Waals surface area contributed by atoms with Crippen LogP contribution in [0.25, 0.3) is 0 Å². The minimum absolute atomic E-state index is 0.151. The summed E-state index contributed by atoms with van der Waals surface area (Å²) >= 11 is 0.